The number of hydrogen-bond donors (Lipinski definition) is 1. The molecule has 1 heterocycles. The fourth-order valence-corrected chi connectivity index (χ4v) is 2.31. The molecule has 0 atom stereocenters. The Balaban J connectivity index is 2.41. The summed E-state index contributed by atoms with van der Waals surface area (Å²) in [5.74, 6) is -0.341. The highest BCUT2D eigenvalue weighted by molar-refractivity contribution is 9.10. The van der Waals surface area contributed by atoms with E-state index in [0.717, 1.165) is 17.4 Å². The normalized spacial score (nSPS) is 10.3. The van der Waals surface area contributed by atoms with Gasteiger partial charge in [-0.2, -0.15) is 0 Å². The Morgan fingerprint density at radius 3 is 2.80 bits per heavy atom. The van der Waals surface area contributed by atoms with Gasteiger partial charge in [0.25, 0.3) is 5.91 Å². The molecule has 112 valence electrons. The number of carbonyl (C=O) groups excluding carboxylic acids is 2. The molecule has 0 aliphatic rings. The summed E-state index contributed by atoms with van der Waals surface area (Å²) in [7, 11) is 0. The number of nitrogens with one attached hydrogen (secondary N) is 1. The minimum atomic E-state index is -0.223. The van der Waals surface area contributed by atoms with Gasteiger partial charge in [0, 0.05) is 30.2 Å². The molecule has 0 bridgehead atoms. The minimum Gasteiger partial charge on any atom is -0.466 e. The van der Waals surface area contributed by atoms with E-state index in [4.69, 9.17) is 4.74 Å². The first kappa shape index (κ1) is 16.8. The molecule has 1 amide bonds. The van der Waals surface area contributed by atoms with Gasteiger partial charge in [-0.25, -0.2) is 0 Å². The van der Waals surface area contributed by atoms with E-state index in [0.29, 0.717) is 31.7 Å². The van der Waals surface area contributed by atoms with Crippen molar-refractivity contribution >= 4 is 27.8 Å². The van der Waals surface area contributed by atoms with Gasteiger partial charge in [0.05, 0.1) is 6.61 Å². The molecule has 0 spiro atoms. The van der Waals surface area contributed by atoms with Gasteiger partial charge in [-0.1, -0.05) is 6.92 Å². The standard InChI is InChI=1S/C14H21BrN2O3/c1-3-8-17-10-11(15)9-12(17)14(19)16-7-5-6-13(18)20-4-2/h9-10H,3-8H2,1-2H3,(H,16,19). The molecule has 20 heavy (non-hydrogen) atoms. The number of aryl methyl sites for hydroxylation is 1. The third-order valence-electron chi connectivity index (χ3n) is 2.71. The quantitative estimate of drug-likeness (QED) is 0.582. The van der Waals surface area contributed by atoms with Crippen molar-refractivity contribution in [2.75, 3.05) is 13.2 Å². The topological polar surface area (TPSA) is 60.3 Å². The number of carbonyl (C=O) groups is 2. The Labute approximate surface area is 127 Å². The van der Waals surface area contributed by atoms with Crippen LogP contribution in [0.25, 0.3) is 0 Å². The first-order valence-electron chi connectivity index (χ1n) is 6.88. The lowest BCUT2D eigenvalue weighted by Gasteiger charge is -2.08. The Morgan fingerprint density at radius 2 is 2.15 bits per heavy atom. The van der Waals surface area contributed by atoms with Crippen LogP contribution in [0.15, 0.2) is 16.7 Å². The second kappa shape index (κ2) is 8.79. The van der Waals surface area contributed by atoms with Crippen LogP contribution in [0, 0.1) is 0 Å². The van der Waals surface area contributed by atoms with Gasteiger partial charge in [0.15, 0.2) is 0 Å². The number of aromatic nitrogens is 1. The monoisotopic (exact) mass is 344 g/mol. The smallest absolute Gasteiger partial charge is 0.305 e. The predicted octanol–water partition coefficient (Wildman–Crippen LogP) is 2.73. The summed E-state index contributed by atoms with van der Waals surface area (Å²) in [6.07, 6.45) is 3.77. The van der Waals surface area contributed by atoms with E-state index in [1.165, 1.54) is 0 Å². The minimum absolute atomic E-state index is 0.118. The molecule has 0 unspecified atom stereocenters. The molecule has 0 fully saturated rings. The molecular weight excluding hydrogens is 324 g/mol. The van der Waals surface area contributed by atoms with Crippen LogP contribution in [0.4, 0.5) is 0 Å². The Morgan fingerprint density at radius 1 is 1.40 bits per heavy atom. The van der Waals surface area contributed by atoms with E-state index in [1.54, 1.807) is 13.0 Å². The zero-order valence-corrected chi connectivity index (χ0v) is 13.5. The van der Waals surface area contributed by atoms with Gasteiger partial charge in [-0.15, -0.1) is 0 Å². The van der Waals surface area contributed by atoms with Crippen molar-refractivity contribution in [3.63, 3.8) is 0 Å². The van der Waals surface area contributed by atoms with E-state index < -0.39 is 0 Å². The molecule has 0 radical (unpaired) electrons. The van der Waals surface area contributed by atoms with Gasteiger partial charge >= 0.3 is 5.97 Å². The molecule has 0 aliphatic carbocycles. The van der Waals surface area contributed by atoms with Crippen LogP contribution < -0.4 is 5.32 Å². The van der Waals surface area contributed by atoms with Gasteiger partial charge in [0.2, 0.25) is 0 Å². The van der Waals surface area contributed by atoms with Gasteiger partial charge in [-0.3, -0.25) is 9.59 Å². The number of hydrogen-bond acceptors (Lipinski definition) is 3. The van der Waals surface area contributed by atoms with E-state index in [9.17, 15) is 9.59 Å². The van der Waals surface area contributed by atoms with E-state index in [-0.39, 0.29) is 11.9 Å². The van der Waals surface area contributed by atoms with Crippen molar-refractivity contribution in [3.8, 4) is 0 Å². The van der Waals surface area contributed by atoms with Crippen molar-refractivity contribution in [2.24, 2.45) is 0 Å². The van der Waals surface area contributed by atoms with Crippen molar-refractivity contribution in [1.29, 1.82) is 0 Å². The van der Waals surface area contributed by atoms with Crippen LogP contribution in [0.3, 0.4) is 0 Å². The summed E-state index contributed by atoms with van der Waals surface area (Å²) < 4.78 is 7.64. The molecule has 5 nitrogen and oxygen atoms in total. The highest BCUT2D eigenvalue weighted by atomic mass is 79.9. The fraction of sp³-hybridized carbons (Fsp3) is 0.571. The summed E-state index contributed by atoms with van der Waals surface area (Å²) in [5.41, 5.74) is 0.634. The van der Waals surface area contributed by atoms with E-state index in [1.807, 2.05) is 10.8 Å². The van der Waals surface area contributed by atoms with Crippen molar-refractivity contribution in [2.45, 2.75) is 39.7 Å². The van der Waals surface area contributed by atoms with Gasteiger partial charge < -0.3 is 14.6 Å². The Kier molecular flexibility index (Phi) is 7.36. The number of ether oxygens (including phenoxy) is 1. The van der Waals surface area contributed by atoms with Crippen molar-refractivity contribution in [3.05, 3.63) is 22.4 Å². The summed E-state index contributed by atoms with van der Waals surface area (Å²) >= 11 is 3.38. The maximum absolute atomic E-state index is 12.1. The Bertz CT molecular complexity index is 457. The zero-order valence-electron chi connectivity index (χ0n) is 11.9. The number of halogens is 1. The molecule has 0 saturated carbocycles. The summed E-state index contributed by atoms with van der Waals surface area (Å²) in [6, 6.07) is 1.80. The van der Waals surface area contributed by atoms with Crippen LogP contribution >= 0.6 is 15.9 Å². The highest BCUT2D eigenvalue weighted by Gasteiger charge is 2.12. The van der Waals surface area contributed by atoms with Gasteiger partial charge in [0.1, 0.15) is 5.69 Å². The molecule has 1 aromatic heterocycles. The van der Waals surface area contributed by atoms with Crippen molar-refractivity contribution in [1.82, 2.24) is 9.88 Å². The summed E-state index contributed by atoms with van der Waals surface area (Å²) in [5, 5.41) is 2.82. The van der Waals surface area contributed by atoms with Crippen LogP contribution in [-0.2, 0) is 16.1 Å². The lowest BCUT2D eigenvalue weighted by molar-refractivity contribution is -0.143. The first-order valence-corrected chi connectivity index (χ1v) is 7.67. The lowest BCUT2D eigenvalue weighted by Crippen LogP contribution is -2.27. The molecule has 1 rings (SSSR count). The number of esters is 1. The highest BCUT2D eigenvalue weighted by Crippen LogP contribution is 2.15. The van der Waals surface area contributed by atoms with E-state index >= 15 is 0 Å². The van der Waals surface area contributed by atoms with E-state index in [2.05, 4.69) is 28.2 Å². The molecule has 0 saturated heterocycles. The van der Waals surface area contributed by atoms with Crippen LogP contribution in [-0.4, -0.2) is 29.6 Å². The fourth-order valence-electron chi connectivity index (χ4n) is 1.85. The average molecular weight is 345 g/mol. The second-order valence-electron chi connectivity index (χ2n) is 4.40. The number of amides is 1. The summed E-state index contributed by atoms with van der Waals surface area (Å²) in [6.45, 7) is 5.50. The third-order valence-corrected chi connectivity index (χ3v) is 3.14. The molecule has 0 aromatic carbocycles. The van der Waals surface area contributed by atoms with Crippen LogP contribution in [0.2, 0.25) is 0 Å². The van der Waals surface area contributed by atoms with Crippen LogP contribution in [0.5, 0.6) is 0 Å². The molecule has 6 heteroatoms. The third kappa shape index (κ3) is 5.36. The van der Waals surface area contributed by atoms with Crippen molar-refractivity contribution < 1.29 is 14.3 Å². The second-order valence-corrected chi connectivity index (χ2v) is 5.32. The number of rotatable bonds is 8. The van der Waals surface area contributed by atoms with Gasteiger partial charge in [-0.05, 0) is 41.8 Å². The zero-order chi connectivity index (χ0) is 15.0. The maximum Gasteiger partial charge on any atom is 0.305 e. The molecule has 1 aromatic rings. The predicted molar refractivity (Wildman–Crippen MR) is 80.6 cm³/mol. The number of nitrogens with zero attached hydrogens (tertiary/aromatic N) is 1. The lowest BCUT2D eigenvalue weighted by atomic mass is 10.3. The summed E-state index contributed by atoms with van der Waals surface area (Å²) in [4.78, 5) is 23.2. The Hall–Kier alpha value is -1.30. The SMILES string of the molecule is CCCn1cc(Br)cc1C(=O)NCCCC(=O)OCC. The largest absolute Gasteiger partial charge is 0.466 e. The first-order chi connectivity index (χ1) is 9.58. The average Bonchev–Trinajstić information content (AvgIpc) is 2.76. The molecule has 0 aliphatic heterocycles. The molecular formula is C14H21BrN2O3. The maximum atomic E-state index is 12.1. The van der Waals surface area contributed by atoms with Crippen LogP contribution in [0.1, 0.15) is 43.6 Å². The molecule has 1 N–H and O–H groups in total.